The summed E-state index contributed by atoms with van der Waals surface area (Å²) < 4.78 is 54.5. The Labute approximate surface area is 352 Å². The second-order valence-electron chi connectivity index (χ2n) is 14.5. The van der Waals surface area contributed by atoms with Crippen LogP contribution in [-0.2, 0) is 26.6 Å². The lowest BCUT2D eigenvalue weighted by Gasteiger charge is -2.36. The number of aryl methyl sites for hydroxylation is 1. The van der Waals surface area contributed by atoms with Crippen LogP contribution in [0, 0.1) is 6.92 Å². The lowest BCUT2D eigenvalue weighted by atomic mass is 9.99. The van der Waals surface area contributed by atoms with E-state index in [1.165, 1.54) is 17.2 Å². The normalized spacial score (nSPS) is 14.2. The van der Waals surface area contributed by atoms with Crippen LogP contribution in [0.4, 0.5) is 11.4 Å². The molecule has 5 aromatic rings. The lowest BCUT2D eigenvalue weighted by Crippen LogP contribution is -2.46. The van der Waals surface area contributed by atoms with Crippen LogP contribution in [0.25, 0.3) is 11.1 Å². The molecule has 6 rings (SSSR count). The Morgan fingerprint density at radius 3 is 2.19 bits per heavy atom. The summed E-state index contributed by atoms with van der Waals surface area (Å²) in [6.45, 7) is 6.44. The number of carbonyl (C=O) groups is 1. The first-order valence-corrected chi connectivity index (χ1v) is 24.0. The fourth-order valence-electron chi connectivity index (χ4n) is 6.91. The molecule has 10 nitrogen and oxygen atoms in total. The van der Waals surface area contributed by atoms with E-state index in [2.05, 4.69) is 73.1 Å². The Balaban J connectivity index is 1.02. The summed E-state index contributed by atoms with van der Waals surface area (Å²) in [5.74, 6) is 0.0634. The number of unbranched alkanes of at least 4 members (excludes halogenated alkanes) is 1. The van der Waals surface area contributed by atoms with E-state index in [0.717, 1.165) is 85.0 Å². The Bertz CT molecular complexity index is 2360. The molecular formula is C44H50ClN5O5S3. The number of benzene rings is 5. The van der Waals surface area contributed by atoms with E-state index < -0.39 is 26.0 Å². The molecule has 1 aliphatic rings. The molecule has 0 aromatic heterocycles. The van der Waals surface area contributed by atoms with E-state index >= 15 is 0 Å². The number of sulfonamides is 2. The third-order valence-electron chi connectivity index (χ3n) is 10.1. The molecule has 1 saturated heterocycles. The van der Waals surface area contributed by atoms with Gasteiger partial charge in [0.2, 0.25) is 10.0 Å². The predicted molar refractivity (Wildman–Crippen MR) is 238 cm³/mol. The smallest absolute Gasteiger partial charge is 0.264 e. The number of rotatable bonds is 18. The number of amides is 1. The Morgan fingerprint density at radius 1 is 0.810 bits per heavy atom. The highest BCUT2D eigenvalue weighted by Crippen LogP contribution is 2.28. The van der Waals surface area contributed by atoms with Crippen molar-refractivity contribution in [3.63, 3.8) is 0 Å². The second kappa shape index (κ2) is 20.1. The molecule has 1 atom stereocenters. The number of nitrogens with zero attached hydrogens (tertiary/aromatic N) is 2. The predicted octanol–water partition coefficient (Wildman–Crippen LogP) is 8.05. The van der Waals surface area contributed by atoms with Gasteiger partial charge in [-0.25, -0.2) is 26.3 Å². The van der Waals surface area contributed by atoms with Gasteiger partial charge in [0.1, 0.15) is 0 Å². The molecule has 1 amide bonds. The molecule has 1 heterocycles. The van der Waals surface area contributed by atoms with Gasteiger partial charge in [-0.15, -0.1) is 11.8 Å². The fraction of sp³-hybridized carbons (Fsp3) is 0.295. The second-order valence-corrected chi connectivity index (χ2v) is 19.6. The maximum absolute atomic E-state index is 13.4. The Kier molecular flexibility index (Phi) is 14.9. The van der Waals surface area contributed by atoms with Crippen LogP contribution < -0.4 is 19.7 Å². The molecule has 1 fully saturated rings. The van der Waals surface area contributed by atoms with Crippen LogP contribution in [0.15, 0.2) is 131 Å². The number of hydrogen-bond donors (Lipinski definition) is 3. The van der Waals surface area contributed by atoms with Crippen molar-refractivity contribution >= 4 is 60.7 Å². The number of halogens is 1. The molecule has 306 valence electrons. The number of thioether (sulfide) groups is 1. The molecule has 0 unspecified atom stereocenters. The Morgan fingerprint density at radius 2 is 1.50 bits per heavy atom. The summed E-state index contributed by atoms with van der Waals surface area (Å²) in [4.78, 5) is 19.1. The number of hydrogen-bond acceptors (Lipinski definition) is 9. The van der Waals surface area contributed by atoms with Crippen molar-refractivity contribution in [3.05, 3.63) is 143 Å². The highest BCUT2D eigenvalue weighted by atomic mass is 35.5. The maximum atomic E-state index is 13.4. The Hall–Kier alpha value is -4.37. The van der Waals surface area contributed by atoms with Crippen LogP contribution in [0.3, 0.4) is 0 Å². The van der Waals surface area contributed by atoms with Crippen molar-refractivity contribution in [1.82, 2.24) is 14.3 Å². The molecule has 58 heavy (non-hydrogen) atoms. The largest absolute Gasteiger partial charge is 0.381 e. The standard InChI is InChI=1S/C44H50ClN5O5S3/c1-33-30-41(23-24-43(33)47-38(11-8-9-25-46-57(2,52)53)32-56-40-12-4-3-5-13-40)58(54,55)48-44(51)35-17-21-39(22-18-35)50-28-26-49(27-29-50)31-36-10-6-7-14-42(36)34-15-19-37(45)20-16-34/h3-7,10,12-24,30,38,46-47H,8-9,11,25-29,31-32H2,1-2H3,(H,48,51)/t38-/m1/s1. The SMILES string of the molecule is Cc1cc(S(=O)(=O)NC(=O)c2ccc(N3CCN(Cc4ccccc4-c4ccc(Cl)cc4)CC3)cc2)ccc1N[C@H](CCCCNS(C)(=O)=O)CSc1ccccc1. The van der Waals surface area contributed by atoms with Gasteiger partial charge in [0.25, 0.3) is 15.9 Å². The topological polar surface area (TPSA) is 128 Å². The van der Waals surface area contributed by atoms with Crippen molar-refractivity contribution < 1.29 is 21.6 Å². The van der Waals surface area contributed by atoms with Crippen molar-refractivity contribution in [1.29, 1.82) is 0 Å². The minimum absolute atomic E-state index is 0.00348. The fourth-order valence-corrected chi connectivity index (χ4v) is 9.60. The molecule has 0 saturated carbocycles. The minimum atomic E-state index is -4.15. The zero-order chi connectivity index (χ0) is 41.1. The molecular weight excluding hydrogens is 810 g/mol. The van der Waals surface area contributed by atoms with Crippen LogP contribution in [0.5, 0.6) is 0 Å². The van der Waals surface area contributed by atoms with E-state index in [-0.39, 0.29) is 16.5 Å². The number of carbonyl (C=O) groups excluding carboxylic acids is 1. The van der Waals surface area contributed by atoms with E-state index in [9.17, 15) is 21.6 Å². The van der Waals surface area contributed by atoms with Gasteiger partial charge in [-0.05, 0) is 109 Å². The van der Waals surface area contributed by atoms with Crippen molar-refractivity contribution in [2.75, 3.05) is 54.9 Å². The zero-order valence-corrected chi connectivity index (χ0v) is 35.9. The van der Waals surface area contributed by atoms with Gasteiger partial charge >= 0.3 is 0 Å². The summed E-state index contributed by atoms with van der Waals surface area (Å²) in [5, 5.41) is 4.29. The van der Waals surface area contributed by atoms with Crippen LogP contribution in [0.1, 0.15) is 40.7 Å². The van der Waals surface area contributed by atoms with Gasteiger partial charge < -0.3 is 10.2 Å². The first kappa shape index (κ1) is 43.2. The highest BCUT2D eigenvalue weighted by molar-refractivity contribution is 7.99. The first-order chi connectivity index (χ1) is 27.8. The number of piperazine rings is 1. The van der Waals surface area contributed by atoms with E-state index in [0.29, 0.717) is 18.0 Å². The molecule has 0 radical (unpaired) electrons. The lowest BCUT2D eigenvalue weighted by molar-refractivity contribution is 0.0981. The van der Waals surface area contributed by atoms with Gasteiger partial charge in [-0.3, -0.25) is 9.69 Å². The molecule has 5 aromatic carbocycles. The van der Waals surface area contributed by atoms with Crippen molar-refractivity contribution in [3.8, 4) is 11.1 Å². The van der Waals surface area contributed by atoms with E-state index in [1.54, 1.807) is 36.0 Å². The molecule has 0 spiro atoms. The van der Waals surface area contributed by atoms with Gasteiger partial charge in [-0.1, -0.05) is 72.6 Å². The van der Waals surface area contributed by atoms with Crippen LogP contribution in [-0.4, -0.2) is 78.4 Å². The van der Waals surface area contributed by atoms with Crippen molar-refractivity contribution in [2.45, 2.75) is 48.6 Å². The van der Waals surface area contributed by atoms with Gasteiger partial charge in [0, 0.05) is 77.9 Å². The third kappa shape index (κ3) is 12.6. The van der Waals surface area contributed by atoms with E-state index in [1.807, 2.05) is 49.4 Å². The summed E-state index contributed by atoms with van der Waals surface area (Å²) in [6, 6.07) is 38.4. The van der Waals surface area contributed by atoms with Crippen LogP contribution in [0.2, 0.25) is 5.02 Å². The van der Waals surface area contributed by atoms with Gasteiger partial charge in [-0.2, -0.15) is 0 Å². The van der Waals surface area contributed by atoms with E-state index in [4.69, 9.17) is 11.6 Å². The molecule has 14 heteroatoms. The summed E-state index contributed by atoms with van der Waals surface area (Å²) in [5.41, 5.74) is 6.35. The molecule has 0 bridgehead atoms. The maximum Gasteiger partial charge on any atom is 0.264 e. The average molecular weight is 861 g/mol. The van der Waals surface area contributed by atoms with Crippen molar-refractivity contribution in [2.24, 2.45) is 0 Å². The number of anilines is 2. The molecule has 3 N–H and O–H groups in total. The van der Waals surface area contributed by atoms with Gasteiger partial charge in [0.15, 0.2) is 0 Å². The molecule has 0 aliphatic carbocycles. The summed E-state index contributed by atoms with van der Waals surface area (Å²) >= 11 is 7.84. The quantitative estimate of drug-likeness (QED) is 0.0593. The molecule has 1 aliphatic heterocycles. The van der Waals surface area contributed by atoms with Gasteiger partial charge in [0.05, 0.1) is 11.2 Å². The minimum Gasteiger partial charge on any atom is -0.381 e. The highest BCUT2D eigenvalue weighted by Gasteiger charge is 2.22. The van der Waals surface area contributed by atoms with Crippen LogP contribution >= 0.6 is 23.4 Å². The first-order valence-electron chi connectivity index (χ1n) is 19.3. The third-order valence-corrected chi connectivity index (χ3v) is 13.6. The zero-order valence-electron chi connectivity index (χ0n) is 32.7. The average Bonchev–Trinajstić information content (AvgIpc) is 3.21. The summed E-state index contributed by atoms with van der Waals surface area (Å²) in [7, 11) is -7.39. The summed E-state index contributed by atoms with van der Waals surface area (Å²) in [6.07, 6.45) is 3.43. The monoisotopic (exact) mass is 859 g/mol. The number of nitrogens with one attached hydrogen (secondary N) is 3.